The Labute approximate surface area is 339 Å². The molecule has 13 heteroatoms. The van der Waals surface area contributed by atoms with Gasteiger partial charge in [0.05, 0.1) is 28.9 Å². The van der Waals surface area contributed by atoms with E-state index >= 15 is 0 Å². The standard InChI is InChI=1S/C45H50N6O6S/c1-44(2,3)57-43(54)49-39(35-9-6-5-7-10-35)41(53)51-24-8-23-45(51,4)42-46-29-38(48-42)34-17-13-32(14-18-34)33-15-19-36(20-16-33)40(52)47-37-21-11-31(12-22-37)30-50-25-27-58(55,56)28-26-50/h5-7,9-22,29,39H,8,23-28,30H2,1-4H3,(H,46,48)(H,47,52)(H,49,54). The van der Waals surface area contributed by atoms with Crippen LogP contribution in [0.3, 0.4) is 0 Å². The fourth-order valence-corrected chi connectivity index (χ4v) is 8.82. The Kier molecular flexibility index (Phi) is 11.6. The molecule has 0 aliphatic carbocycles. The predicted octanol–water partition coefficient (Wildman–Crippen LogP) is 7.33. The molecule has 12 nitrogen and oxygen atoms in total. The molecule has 2 saturated heterocycles. The van der Waals surface area contributed by atoms with Crippen LogP contribution in [0.5, 0.6) is 0 Å². The van der Waals surface area contributed by atoms with Gasteiger partial charge in [-0.05, 0) is 92.6 Å². The number of carbonyl (C=O) groups is 3. The molecule has 3 heterocycles. The molecule has 2 aliphatic rings. The van der Waals surface area contributed by atoms with Crippen molar-refractivity contribution in [3.05, 3.63) is 132 Å². The zero-order valence-corrected chi connectivity index (χ0v) is 34.1. The fourth-order valence-electron chi connectivity index (χ4n) is 7.54. The number of ether oxygens (including phenoxy) is 1. The number of amides is 3. The smallest absolute Gasteiger partial charge is 0.408 e. The number of benzene rings is 4. The van der Waals surface area contributed by atoms with Crippen LogP contribution in [0.15, 0.2) is 109 Å². The number of hydrogen-bond donors (Lipinski definition) is 3. The number of nitrogens with one attached hydrogen (secondary N) is 3. The number of sulfone groups is 1. The summed E-state index contributed by atoms with van der Waals surface area (Å²) in [5.41, 5.74) is 5.20. The van der Waals surface area contributed by atoms with Gasteiger partial charge in [-0.25, -0.2) is 18.2 Å². The molecule has 58 heavy (non-hydrogen) atoms. The molecule has 0 bridgehead atoms. The van der Waals surface area contributed by atoms with Crippen molar-refractivity contribution in [2.75, 3.05) is 36.5 Å². The van der Waals surface area contributed by atoms with Gasteiger partial charge >= 0.3 is 6.09 Å². The molecular weight excluding hydrogens is 753 g/mol. The molecule has 0 radical (unpaired) electrons. The quantitative estimate of drug-likeness (QED) is 0.133. The predicted molar refractivity (Wildman–Crippen MR) is 225 cm³/mol. The third-order valence-electron chi connectivity index (χ3n) is 10.8. The second-order valence-corrected chi connectivity index (χ2v) is 18.5. The van der Waals surface area contributed by atoms with Crippen LogP contribution in [0.1, 0.15) is 73.9 Å². The van der Waals surface area contributed by atoms with Crippen LogP contribution in [-0.4, -0.2) is 82.8 Å². The molecule has 2 aliphatic heterocycles. The molecule has 4 aromatic carbocycles. The number of hydrogen-bond acceptors (Lipinski definition) is 8. The van der Waals surface area contributed by atoms with Crippen molar-refractivity contribution in [3.8, 4) is 22.4 Å². The average Bonchev–Trinajstić information content (AvgIpc) is 3.87. The van der Waals surface area contributed by atoms with E-state index in [2.05, 4.69) is 20.5 Å². The van der Waals surface area contributed by atoms with Gasteiger partial charge in [0.2, 0.25) is 0 Å². The second kappa shape index (κ2) is 16.6. The summed E-state index contributed by atoms with van der Waals surface area (Å²) in [5.74, 6) is 0.612. The van der Waals surface area contributed by atoms with Gasteiger partial charge < -0.3 is 25.3 Å². The second-order valence-electron chi connectivity index (χ2n) is 16.2. The van der Waals surface area contributed by atoms with Crippen molar-refractivity contribution >= 4 is 33.4 Å². The maximum absolute atomic E-state index is 14.3. The van der Waals surface area contributed by atoms with E-state index in [1.807, 2.05) is 103 Å². The van der Waals surface area contributed by atoms with Crippen molar-refractivity contribution in [1.29, 1.82) is 0 Å². The van der Waals surface area contributed by atoms with Crippen LogP contribution in [0, 0.1) is 0 Å². The summed E-state index contributed by atoms with van der Waals surface area (Å²) in [4.78, 5) is 52.4. The Bertz CT molecular complexity index is 2340. The molecule has 0 saturated carbocycles. The number of carbonyl (C=O) groups excluding carboxylic acids is 3. The first-order chi connectivity index (χ1) is 27.7. The van der Waals surface area contributed by atoms with Crippen LogP contribution < -0.4 is 10.6 Å². The zero-order valence-electron chi connectivity index (χ0n) is 33.3. The third kappa shape index (κ3) is 9.49. The summed E-state index contributed by atoms with van der Waals surface area (Å²) in [6.07, 6.45) is 2.61. The molecule has 3 N–H and O–H groups in total. The molecular formula is C45H50N6O6S. The van der Waals surface area contributed by atoms with Crippen molar-refractivity contribution in [2.24, 2.45) is 0 Å². The lowest BCUT2D eigenvalue weighted by Gasteiger charge is -2.36. The van der Waals surface area contributed by atoms with Gasteiger partial charge in [0.25, 0.3) is 11.8 Å². The summed E-state index contributed by atoms with van der Waals surface area (Å²) in [6, 6.07) is 31.4. The Morgan fingerprint density at radius 2 is 1.47 bits per heavy atom. The highest BCUT2D eigenvalue weighted by atomic mass is 32.2. The minimum Gasteiger partial charge on any atom is -0.444 e. The Hall–Kier alpha value is -5.79. The summed E-state index contributed by atoms with van der Waals surface area (Å²) < 4.78 is 29.0. The van der Waals surface area contributed by atoms with Gasteiger partial charge in [-0.15, -0.1) is 0 Å². The highest BCUT2D eigenvalue weighted by Gasteiger charge is 2.46. The highest BCUT2D eigenvalue weighted by Crippen LogP contribution is 2.40. The molecule has 2 unspecified atom stereocenters. The maximum atomic E-state index is 14.3. The minimum absolute atomic E-state index is 0.193. The van der Waals surface area contributed by atoms with Crippen LogP contribution in [0.2, 0.25) is 0 Å². The summed E-state index contributed by atoms with van der Waals surface area (Å²) in [6.45, 7) is 9.62. The van der Waals surface area contributed by atoms with E-state index < -0.39 is 33.1 Å². The number of aromatic amines is 1. The molecule has 2 atom stereocenters. The maximum Gasteiger partial charge on any atom is 0.408 e. The van der Waals surface area contributed by atoms with Crippen molar-refractivity contribution in [3.63, 3.8) is 0 Å². The summed E-state index contributed by atoms with van der Waals surface area (Å²) >= 11 is 0. The first-order valence-electron chi connectivity index (χ1n) is 19.6. The number of imidazole rings is 1. The lowest BCUT2D eigenvalue weighted by atomic mass is 9.96. The summed E-state index contributed by atoms with van der Waals surface area (Å²) in [7, 11) is -2.92. The first kappa shape index (κ1) is 40.4. The van der Waals surface area contributed by atoms with Crippen LogP contribution in [0.4, 0.5) is 10.5 Å². The van der Waals surface area contributed by atoms with Crippen molar-refractivity contribution in [1.82, 2.24) is 25.1 Å². The van der Waals surface area contributed by atoms with E-state index in [0.717, 1.165) is 34.4 Å². The van der Waals surface area contributed by atoms with Crippen LogP contribution >= 0.6 is 0 Å². The molecule has 5 aromatic rings. The van der Waals surface area contributed by atoms with Gasteiger partial charge in [0, 0.05) is 37.4 Å². The average molecular weight is 803 g/mol. The normalized spacial score (nSPS) is 18.7. The largest absolute Gasteiger partial charge is 0.444 e. The van der Waals surface area contributed by atoms with E-state index in [-0.39, 0.29) is 23.3 Å². The Morgan fingerprint density at radius 3 is 2.10 bits per heavy atom. The Morgan fingerprint density at radius 1 is 0.845 bits per heavy atom. The third-order valence-corrected chi connectivity index (χ3v) is 12.4. The number of rotatable bonds is 10. The number of anilines is 1. The van der Waals surface area contributed by atoms with Gasteiger partial charge in [0.15, 0.2) is 9.84 Å². The van der Waals surface area contributed by atoms with E-state index in [4.69, 9.17) is 9.72 Å². The summed E-state index contributed by atoms with van der Waals surface area (Å²) in [5, 5.41) is 5.78. The van der Waals surface area contributed by atoms with Gasteiger partial charge in [-0.2, -0.15) is 0 Å². The fraction of sp³-hybridized carbons (Fsp3) is 0.333. The highest BCUT2D eigenvalue weighted by molar-refractivity contribution is 7.91. The van der Waals surface area contributed by atoms with E-state index in [0.29, 0.717) is 55.2 Å². The number of aromatic nitrogens is 2. The molecule has 1 aromatic heterocycles. The minimum atomic E-state index is -2.92. The number of H-pyrrole nitrogens is 1. The molecule has 2 fully saturated rings. The van der Waals surface area contributed by atoms with Crippen LogP contribution in [0.25, 0.3) is 22.4 Å². The van der Waals surface area contributed by atoms with Crippen LogP contribution in [-0.2, 0) is 31.5 Å². The van der Waals surface area contributed by atoms with E-state index in [9.17, 15) is 22.8 Å². The SMILES string of the molecule is CC(C)(C)OC(=O)NC(C(=O)N1CCCC1(C)c1ncc(-c2ccc(-c3ccc(C(=O)Nc4ccc(CN5CCS(=O)(=O)CC5)cc4)cc3)cc2)[nH]1)c1ccccc1. The van der Waals surface area contributed by atoms with Crippen molar-refractivity contribution in [2.45, 2.75) is 64.3 Å². The van der Waals surface area contributed by atoms with Gasteiger partial charge in [-0.1, -0.05) is 78.9 Å². The molecule has 0 spiro atoms. The zero-order chi connectivity index (χ0) is 41.1. The lowest BCUT2D eigenvalue weighted by molar-refractivity contribution is -0.138. The van der Waals surface area contributed by atoms with Gasteiger partial charge in [-0.3, -0.25) is 14.5 Å². The number of nitrogens with zero attached hydrogens (tertiary/aromatic N) is 3. The van der Waals surface area contributed by atoms with E-state index in [1.54, 1.807) is 39.1 Å². The number of alkyl carbamates (subject to hydrolysis) is 1. The van der Waals surface area contributed by atoms with Gasteiger partial charge in [0.1, 0.15) is 17.5 Å². The van der Waals surface area contributed by atoms with Crippen molar-refractivity contribution < 1.29 is 27.5 Å². The first-order valence-corrected chi connectivity index (χ1v) is 21.4. The monoisotopic (exact) mass is 802 g/mol. The molecule has 7 rings (SSSR count). The lowest BCUT2D eigenvalue weighted by Crippen LogP contribution is -2.50. The topological polar surface area (TPSA) is 154 Å². The molecule has 3 amide bonds. The number of likely N-dealkylation sites (tertiary alicyclic amines) is 1. The van der Waals surface area contributed by atoms with E-state index in [1.165, 1.54) is 0 Å². The Balaban J connectivity index is 0.983. The molecule has 302 valence electrons.